The van der Waals surface area contributed by atoms with Crippen molar-refractivity contribution in [1.29, 1.82) is 0 Å². The summed E-state index contributed by atoms with van der Waals surface area (Å²) in [5.74, 6) is 0.385. The standard InChI is InChI=1S/C29H36O2/c1-4-7-10-13-21-18-19-24-25(20-21)29(27(31)17-9-6-3)23-15-12-11-14-22(23)28(24)26(30)16-8-5-2/h11-12,14-15,18-20H,4-10,13,16-17H2,1-3H3. The average molecular weight is 417 g/mol. The van der Waals surface area contributed by atoms with E-state index < -0.39 is 0 Å². The number of hydrogen-bond donors (Lipinski definition) is 0. The summed E-state index contributed by atoms with van der Waals surface area (Å²) in [5.41, 5.74) is 2.86. The molecule has 31 heavy (non-hydrogen) atoms. The molecule has 164 valence electrons. The zero-order chi connectivity index (χ0) is 22.2. The fourth-order valence-corrected chi connectivity index (χ4v) is 4.49. The van der Waals surface area contributed by atoms with Gasteiger partial charge in [0.2, 0.25) is 0 Å². The number of aryl methyl sites for hydroxylation is 1. The molecule has 3 rings (SSSR count). The topological polar surface area (TPSA) is 34.1 Å². The Bertz CT molecular complexity index is 1060. The Kier molecular flexibility index (Phi) is 8.40. The molecule has 0 heterocycles. The van der Waals surface area contributed by atoms with E-state index in [1.807, 2.05) is 24.3 Å². The van der Waals surface area contributed by atoms with E-state index in [0.717, 1.165) is 71.2 Å². The molecule has 0 spiro atoms. The third-order valence-corrected chi connectivity index (χ3v) is 6.23. The van der Waals surface area contributed by atoms with Gasteiger partial charge in [0.15, 0.2) is 11.6 Å². The number of carbonyl (C=O) groups is 2. The van der Waals surface area contributed by atoms with E-state index in [9.17, 15) is 9.59 Å². The molecule has 0 unspecified atom stereocenters. The van der Waals surface area contributed by atoms with Crippen LogP contribution in [0.15, 0.2) is 42.5 Å². The van der Waals surface area contributed by atoms with Gasteiger partial charge in [-0.2, -0.15) is 0 Å². The molecule has 0 bridgehead atoms. The smallest absolute Gasteiger partial charge is 0.164 e. The first-order chi connectivity index (χ1) is 15.1. The van der Waals surface area contributed by atoms with Crippen molar-refractivity contribution in [2.75, 3.05) is 0 Å². The van der Waals surface area contributed by atoms with Gasteiger partial charge in [0.1, 0.15) is 0 Å². The number of unbranched alkanes of at least 4 members (excludes halogenated alkanes) is 4. The van der Waals surface area contributed by atoms with Crippen molar-refractivity contribution in [3.63, 3.8) is 0 Å². The fourth-order valence-electron chi connectivity index (χ4n) is 4.49. The molecule has 0 aliphatic carbocycles. The summed E-state index contributed by atoms with van der Waals surface area (Å²) in [5, 5.41) is 3.77. The second-order valence-electron chi connectivity index (χ2n) is 8.69. The number of Topliss-reactive ketones (excluding diaryl/α,β-unsaturated/α-hetero) is 2. The van der Waals surface area contributed by atoms with Crippen molar-refractivity contribution < 1.29 is 9.59 Å². The summed E-state index contributed by atoms with van der Waals surface area (Å²) in [6.45, 7) is 6.44. The summed E-state index contributed by atoms with van der Waals surface area (Å²) in [6.07, 6.45) is 9.44. The highest BCUT2D eigenvalue weighted by molar-refractivity contribution is 6.26. The Hall–Kier alpha value is -2.48. The van der Waals surface area contributed by atoms with Gasteiger partial charge in [-0.05, 0) is 52.8 Å². The summed E-state index contributed by atoms with van der Waals surface area (Å²) >= 11 is 0. The molecular weight excluding hydrogens is 380 g/mol. The summed E-state index contributed by atoms with van der Waals surface area (Å²) in [7, 11) is 0. The normalized spacial score (nSPS) is 11.3. The van der Waals surface area contributed by atoms with E-state index in [-0.39, 0.29) is 11.6 Å². The van der Waals surface area contributed by atoms with Crippen LogP contribution in [0.1, 0.15) is 105 Å². The SMILES string of the molecule is CCCCCc1ccc2c(C(=O)CCCC)c3ccccc3c(C(=O)CCCC)c2c1. The van der Waals surface area contributed by atoms with Gasteiger partial charge < -0.3 is 0 Å². The number of ketones is 2. The number of hydrogen-bond acceptors (Lipinski definition) is 2. The molecule has 3 aromatic carbocycles. The number of fused-ring (bicyclic) bond motifs is 2. The van der Waals surface area contributed by atoms with Crippen molar-refractivity contribution in [2.24, 2.45) is 0 Å². The van der Waals surface area contributed by atoms with E-state index in [1.165, 1.54) is 18.4 Å². The maximum absolute atomic E-state index is 13.4. The van der Waals surface area contributed by atoms with Crippen LogP contribution in [0.25, 0.3) is 21.5 Å². The van der Waals surface area contributed by atoms with E-state index in [1.54, 1.807) is 0 Å². The van der Waals surface area contributed by atoms with Crippen LogP contribution in [-0.4, -0.2) is 11.6 Å². The zero-order valence-electron chi connectivity index (χ0n) is 19.4. The molecule has 3 aromatic rings. The molecule has 0 saturated carbocycles. The Morgan fingerprint density at radius 2 is 1.13 bits per heavy atom. The molecule has 0 aromatic heterocycles. The van der Waals surface area contributed by atoms with Crippen molar-refractivity contribution in [3.8, 4) is 0 Å². The summed E-state index contributed by atoms with van der Waals surface area (Å²) in [4.78, 5) is 26.7. The second-order valence-corrected chi connectivity index (χ2v) is 8.69. The van der Waals surface area contributed by atoms with E-state index in [0.29, 0.717) is 12.8 Å². The van der Waals surface area contributed by atoms with Gasteiger partial charge >= 0.3 is 0 Å². The molecule has 0 amide bonds. The highest BCUT2D eigenvalue weighted by atomic mass is 16.1. The third kappa shape index (κ3) is 5.23. The Morgan fingerprint density at radius 1 is 0.613 bits per heavy atom. The molecule has 0 fully saturated rings. The molecule has 0 aliphatic heterocycles. The monoisotopic (exact) mass is 416 g/mol. The molecule has 0 N–H and O–H groups in total. The van der Waals surface area contributed by atoms with Crippen molar-refractivity contribution in [1.82, 2.24) is 0 Å². The molecule has 2 nitrogen and oxygen atoms in total. The number of benzene rings is 3. The second kappa shape index (κ2) is 11.2. The first kappa shape index (κ1) is 23.2. The van der Waals surface area contributed by atoms with Crippen molar-refractivity contribution in [2.45, 2.75) is 85.0 Å². The first-order valence-corrected chi connectivity index (χ1v) is 12.2. The van der Waals surface area contributed by atoms with Crippen molar-refractivity contribution in [3.05, 3.63) is 59.2 Å². The molecule has 0 aliphatic rings. The zero-order valence-corrected chi connectivity index (χ0v) is 19.4. The number of carbonyl (C=O) groups excluding carboxylic acids is 2. The van der Waals surface area contributed by atoms with Gasteiger partial charge in [0, 0.05) is 24.0 Å². The molecular formula is C29H36O2. The van der Waals surface area contributed by atoms with Crippen molar-refractivity contribution >= 4 is 33.1 Å². The lowest BCUT2D eigenvalue weighted by Crippen LogP contribution is -2.07. The fraction of sp³-hybridized carbons (Fsp3) is 0.448. The molecule has 0 atom stereocenters. The van der Waals surface area contributed by atoms with Crippen LogP contribution in [-0.2, 0) is 6.42 Å². The van der Waals surface area contributed by atoms with Crippen LogP contribution in [0.2, 0.25) is 0 Å². The first-order valence-electron chi connectivity index (χ1n) is 12.2. The maximum Gasteiger partial charge on any atom is 0.164 e. The lowest BCUT2D eigenvalue weighted by Gasteiger charge is -2.17. The van der Waals surface area contributed by atoms with Crippen LogP contribution in [0.3, 0.4) is 0 Å². The molecule has 0 radical (unpaired) electrons. The van der Waals surface area contributed by atoms with Gasteiger partial charge in [-0.3, -0.25) is 9.59 Å². The highest BCUT2D eigenvalue weighted by Gasteiger charge is 2.22. The number of rotatable bonds is 12. The van der Waals surface area contributed by atoms with Crippen LogP contribution < -0.4 is 0 Å². The average Bonchev–Trinajstić information content (AvgIpc) is 2.79. The van der Waals surface area contributed by atoms with Crippen LogP contribution in [0.5, 0.6) is 0 Å². The van der Waals surface area contributed by atoms with Gasteiger partial charge in [-0.25, -0.2) is 0 Å². The van der Waals surface area contributed by atoms with Gasteiger partial charge in [0.25, 0.3) is 0 Å². The summed E-state index contributed by atoms with van der Waals surface area (Å²) < 4.78 is 0. The molecule has 0 saturated heterocycles. The predicted octanol–water partition coefficient (Wildman–Crippen LogP) is 8.47. The summed E-state index contributed by atoms with van der Waals surface area (Å²) in [6, 6.07) is 14.4. The van der Waals surface area contributed by atoms with Crippen LogP contribution in [0, 0.1) is 0 Å². The lowest BCUT2D eigenvalue weighted by molar-refractivity contribution is 0.0972. The minimum Gasteiger partial charge on any atom is -0.294 e. The van der Waals surface area contributed by atoms with Crippen LogP contribution >= 0.6 is 0 Å². The molecule has 2 heteroatoms. The van der Waals surface area contributed by atoms with Crippen LogP contribution in [0.4, 0.5) is 0 Å². The van der Waals surface area contributed by atoms with Gasteiger partial charge in [-0.15, -0.1) is 0 Å². The Balaban J connectivity index is 2.27. The largest absolute Gasteiger partial charge is 0.294 e. The Morgan fingerprint density at radius 3 is 1.68 bits per heavy atom. The Labute approximate surface area is 187 Å². The minimum absolute atomic E-state index is 0.189. The van der Waals surface area contributed by atoms with E-state index in [4.69, 9.17) is 0 Å². The van der Waals surface area contributed by atoms with Gasteiger partial charge in [-0.1, -0.05) is 88.9 Å². The van der Waals surface area contributed by atoms with E-state index in [2.05, 4.69) is 39.0 Å². The quantitative estimate of drug-likeness (QED) is 0.168. The highest BCUT2D eigenvalue weighted by Crippen LogP contribution is 2.36. The van der Waals surface area contributed by atoms with Gasteiger partial charge in [0.05, 0.1) is 0 Å². The predicted molar refractivity (Wildman–Crippen MR) is 132 cm³/mol. The maximum atomic E-state index is 13.4. The van der Waals surface area contributed by atoms with E-state index >= 15 is 0 Å². The third-order valence-electron chi connectivity index (χ3n) is 6.23. The minimum atomic E-state index is 0.189. The lowest BCUT2D eigenvalue weighted by atomic mass is 9.85.